The molecule has 4 heteroatoms. The van der Waals surface area contributed by atoms with Crippen molar-refractivity contribution in [2.75, 3.05) is 19.8 Å². The van der Waals surface area contributed by atoms with Gasteiger partial charge >= 0.3 is 0 Å². The third-order valence-electron chi connectivity index (χ3n) is 2.39. The van der Waals surface area contributed by atoms with Crippen LogP contribution in [-0.4, -0.2) is 25.6 Å². The molecule has 1 heterocycles. The molecule has 2 N–H and O–H groups in total. The maximum Gasteiger partial charge on any atom is 0.0905 e. The van der Waals surface area contributed by atoms with Crippen LogP contribution in [0.1, 0.15) is 20.3 Å². The van der Waals surface area contributed by atoms with Gasteiger partial charge in [0.25, 0.3) is 0 Å². The number of aliphatic imine (C=N–C) groups is 1. The Kier molecular flexibility index (Phi) is 6.67. The molecular formula is C9H19IN2O. The molecule has 0 amide bonds. The lowest BCUT2D eigenvalue weighted by Crippen LogP contribution is -2.27. The first-order valence-electron chi connectivity index (χ1n) is 4.54. The second kappa shape index (κ2) is 6.59. The monoisotopic (exact) mass is 298 g/mol. The van der Waals surface area contributed by atoms with E-state index in [1.807, 2.05) is 6.92 Å². The minimum Gasteiger partial charge on any atom is -0.388 e. The fourth-order valence-electron chi connectivity index (χ4n) is 1.46. The molecule has 0 radical (unpaired) electrons. The van der Waals surface area contributed by atoms with Crippen LogP contribution >= 0.6 is 24.0 Å². The molecule has 0 spiro atoms. The van der Waals surface area contributed by atoms with Gasteiger partial charge in [-0.3, -0.25) is 4.99 Å². The number of amidine groups is 1. The molecule has 1 rings (SSSR count). The lowest BCUT2D eigenvalue weighted by atomic mass is 9.90. The first kappa shape index (κ1) is 13.2. The van der Waals surface area contributed by atoms with E-state index in [1.165, 1.54) is 0 Å². The fourth-order valence-corrected chi connectivity index (χ4v) is 1.46. The molecule has 1 fully saturated rings. The Bertz CT molecular complexity index is 169. The van der Waals surface area contributed by atoms with Crippen molar-refractivity contribution in [3.05, 3.63) is 0 Å². The average molecular weight is 298 g/mol. The number of nitrogens with two attached hydrogens (primary N) is 1. The van der Waals surface area contributed by atoms with E-state index in [0.29, 0.717) is 17.7 Å². The largest absolute Gasteiger partial charge is 0.388 e. The van der Waals surface area contributed by atoms with Crippen LogP contribution < -0.4 is 5.73 Å². The lowest BCUT2D eigenvalue weighted by molar-refractivity contribution is 0.0273. The Hall–Kier alpha value is 0.160. The third kappa shape index (κ3) is 4.81. The number of rotatable bonds is 2. The van der Waals surface area contributed by atoms with Gasteiger partial charge in [-0.25, -0.2) is 0 Å². The molecule has 1 saturated heterocycles. The van der Waals surface area contributed by atoms with E-state index >= 15 is 0 Å². The molecular weight excluding hydrogens is 279 g/mol. The predicted octanol–water partition coefficient (Wildman–Crippen LogP) is 1.65. The quantitative estimate of drug-likeness (QED) is 0.479. The molecule has 0 aromatic rings. The first-order valence-corrected chi connectivity index (χ1v) is 4.54. The molecule has 2 atom stereocenters. The maximum atomic E-state index is 5.47. The molecule has 0 aromatic carbocycles. The summed E-state index contributed by atoms with van der Waals surface area (Å²) in [6.07, 6.45) is 1.12. The van der Waals surface area contributed by atoms with Crippen LogP contribution in [0.2, 0.25) is 0 Å². The molecule has 0 aromatic heterocycles. The summed E-state index contributed by atoms with van der Waals surface area (Å²) in [4.78, 5) is 4.24. The highest BCUT2D eigenvalue weighted by Crippen LogP contribution is 2.21. The zero-order valence-corrected chi connectivity index (χ0v) is 10.7. The van der Waals surface area contributed by atoms with Crippen LogP contribution in [0, 0.1) is 11.8 Å². The van der Waals surface area contributed by atoms with Crippen LogP contribution in [0.15, 0.2) is 4.99 Å². The normalized spacial score (nSPS) is 29.5. The maximum absolute atomic E-state index is 5.47. The molecule has 0 aliphatic carbocycles. The second-order valence-electron chi connectivity index (χ2n) is 3.58. The van der Waals surface area contributed by atoms with E-state index in [2.05, 4.69) is 11.9 Å². The summed E-state index contributed by atoms with van der Waals surface area (Å²) in [5.41, 5.74) is 5.47. The van der Waals surface area contributed by atoms with Crippen molar-refractivity contribution >= 4 is 29.8 Å². The summed E-state index contributed by atoms with van der Waals surface area (Å²) >= 11 is 0. The zero-order chi connectivity index (χ0) is 8.97. The van der Waals surface area contributed by atoms with Crippen molar-refractivity contribution < 1.29 is 4.74 Å². The molecule has 13 heavy (non-hydrogen) atoms. The van der Waals surface area contributed by atoms with Gasteiger partial charge in [0.2, 0.25) is 0 Å². The van der Waals surface area contributed by atoms with Gasteiger partial charge in [0, 0.05) is 19.8 Å². The molecule has 78 valence electrons. The second-order valence-corrected chi connectivity index (χ2v) is 3.58. The van der Waals surface area contributed by atoms with E-state index in [4.69, 9.17) is 10.5 Å². The smallest absolute Gasteiger partial charge is 0.0905 e. The molecule has 2 unspecified atom stereocenters. The highest BCUT2D eigenvalue weighted by molar-refractivity contribution is 14.0. The zero-order valence-electron chi connectivity index (χ0n) is 8.32. The van der Waals surface area contributed by atoms with Crippen LogP contribution in [0.5, 0.6) is 0 Å². The summed E-state index contributed by atoms with van der Waals surface area (Å²) < 4.78 is 5.34. The van der Waals surface area contributed by atoms with Gasteiger partial charge in [-0.2, -0.15) is 0 Å². The molecule has 3 nitrogen and oxygen atoms in total. The summed E-state index contributed by atoms with van der Waals surface area (Å²) in [5, 5.41) is 0. The van der Waals surface area contributed by atoms with E-state index in [9.17, 15) is 0 Å². The Morgan fingerprint density at radius 2 is 2.31 bits per heavy atom. The molecule has 1 aliphatic rings. The number of hydrogen-bond acceptors (Lipinski definition) is 2. The van der Waals surface area contributed by atoms with Crippen molar-refractivity contribution in [2.24, 2.45) is 22.6 Å². The van der Waals surface area contributed by atoms with Crippen molar-refractivity contribution in [1.82, 2.24) is 0 Å². The highest BCUT2D eigenvalue weighted by atomic mass is 127. The number of ether oxygens (including phenoxy) is 1. The summed E-state index contributed by atoms with van der Waals surface area (Å²) in [6.45, 7) is 6.68. The van der Waals surface area contributed by atoms with Crippen LogP contribution in [0.4, 0.5) is 0 Å². The Balaban J connectivity index is 0.00000144. The Morgan fingerprint density at radius 1 is 1.62 bits per heavy atom. The molecule has 1 aliphatic heterocycles. The highest BCUT2D eigenvalue weighted by Gasteiger charge is 2.20. The molecule has 0 bridgehead atoms. The molecule has 0 saturated carbocycles. The summed E-state index contributed by atoms with van der Waals surface area (Å²) in [7, 11) is 0. The number of halogens is 1. The summed E-state index contributed by atoms with van der Waals surface area (Å²) in [6, 6.07) is 0. The van der Waals surface area contributed by atoms with Gasteiger partial charge in [-0.15, -0.1) is 24.0 Å². The Labute approximate surface area is 97.1 Å². The van der Waals surface area contributed by atoms with Crippen LogP contribution in [0.25, 0.3) is 0 Å². The minimum absolute atomic E-state index is 0. The van der Waals surface area contributed by atoms with Gasteiger partial charge in [-0.05, 0) is 25.2 Å². The van der Waals surface area contributed by atoms with Gasteiger partial charge in [0.1, 0.15) is 0 Å². The van der Waals surface area contributed by atoms with E-state index in [1.54, 1.807) is 0 Å². The standard InChI is InChI=1S/C9H18N2O.HI/c1-7-6-12-4-3-9(7)5-11-8(2)10;/h7,9H,3-6H2,1-2H3,(H2,10,11);1H. The van der Waals surface area contributed by atoms with Gasteiger partial charge in [-0.1, -0.05) is 6.92 Å². The topological polar surface area (TPSA) is 47.6 Å². The van der Waals surface area contributed by atoms with E-state index in [0.717, 1.165) is 26.2 Å². The van der Waals surface area contributed by atoms with Gasteiger partial charge in [0.15, 0.2) is 0 Å². The van der Waals surface area contributed by atoms with Crippen LogP contribution in [-0.2, 0) is 4.74 Å². The first-order chi connectivity index (χ1) is 5.70. The van der Waals surface area contributed by atoms with Crippen LogP contribution in [0.3, 0.4) is 0 Å². The van der Waals surface area contributed by atoms with Gasteiger partial charge < -0.3 is 10.5 Å². The minimum atomic E-state index is 0. The van der Waals surface area contributed by atoms with Crippen molar-refractivity contribution in [1.29, 1.82) is 0 Å². The van der Waals surface area contributed by atoms with Crippen molar-refractivity contribution in [2.45, 2.75) is 20.3 Å². The fraction of sp³-hybridized carbons (Fsp3) is 0.889. The predicted molar refractivity (Wildman–Crippen MR) is 65.7 cm³/mol. The average Bonchev–Trinajstić information content (AvgIpc) is 2.03. The third-order valence-corrected chi connectivity index (χ3v) is 2.39. The van der Waals surface area contributed by atoms with E-state index < -0.39 is 0 Å². The van der Waals surface area contributed by atoms with E-state index in [-0.39, 0.29) is 24.0 Å². The lowest BCUT2D eigenvalue weighted by Gasteiger charge is -2.27. The number of hydrogen-bond donors (Lipinski definition) is 1. The number of nitrogens with zero attached hydrogens (tertiary/aromatic N) is 1. The summed E-state index contributed by atoms with van der Waals surface area (Å²) in [5.74, 6) is 1.98. The van der Waals surface area contributed by atoms with Gasteiger partial charge in [0.05, 0.1) is 5.84 Å². The van der Waals surface area contributed by atoms with Crippen molar-refractivity contribution in [3.63, 3.8) is 0 Å². The Morgan fingerprint density at radius 3 is 2.85 bits per heavy atom. The van der Waals surface area contributed by atoms with Crippen molar-refractivity contribution in [3.8, 4) is 0 Å². The SMILES string of the molecule is CC(N)=NCC1CCOCC1C.I.